The molecular weight excluding hydrogens is 366 g/mol. The van der Waals surface area contributed by atoms with E-state index in [1.807, 2.05) is 49.9 Å². The molecule has 0 bridgehead atoms. The lowest BCUT2D eigenvalue weighted by Gasteiger charge is -2.30. The molecule has 29 heavy (non-hydrogen) atoms. The monoisotopic (exact) mass is 393 g/mol. The van der Waals surface area contributed by atoms with Crippen LogP contribution in [0.5, 0.6) is 11.5 Å². The molecule has 3 aromatic rings. The van der Waals surface area contributed by atoms with E-state index >= 15 is 0 Å². The fraction of sp³-hybridized carbons (Fsp3) is 0.375. The van der Waals surface area contributed by atoms with Gasteiger partial charge in [0, 0.05) is 24.0 Å². The minimum absolute atomic E-state index is 0.116. The summed E-state index contributed by atoms with van der Waals surface area (Å²) in [6.45, 7) is 8.44. The van der Waals surface area contributed by atoms with Crippen molar-refractivity contribution in [2.24, 2.45) is 0 Å². The molecule has 0 atom stereocenters. The van der Waals surface area contributed by atoms with E-state index in [1.165, 1.54) is 5.56 Å². The molecule has 0 spiro atoms. The van der Waals surface area contributed by atoms with Crippen molar-refractivity contribution in [1.29, 1.82) is 0 Å². The molecule has 2 aromatic carbocycles. The summed E-state index contributed by atoms with van der Waals surface area (Å²) in [6.07, 6.45) is 2.88. The average Bonchev–Trinajstić information content (AvgIpc) is 3.10. The Morgan fingerprint density at radius 3 is 2.52 bits per heavy atom. The van der Waals surface area contributed by atoms with Crippen LogP contribution in [0.15, 0.2) is 41.0 Å². The maximum atomic E-state index is 13.0. The molecule has 2 heterocycles. The lowest BCUT2D eigenvalue weighted by atomic mass is 9.98. The normalized spacial score (nSPS) is 13.4. The number of fused-ring (bicyclic) bond motifs is 2. The van der Waals surface area contributed by atoms with Crippen LogP contribution in [0.3, 0.4) is 0 Å². The molecule has 4 rings (SSSR count). The second kappa shape index (κ2) is 8.19. The first-order valence-corrected chi connectivity index (χ1v) is 10.2. The Morgan fingerprint density at radius 2 is 1.79 bits per heavy atom. The van der Waals surface area contributed by atoms with Gasteiger partial charge in [-0.25, -0.2) is 0 Å². The first-order valence-electron chi connectivity index (χ1n) is 10.2. The first kappa shape index (κ1) is 19.4. The molecule has 0 saturated heterocycles. The van der Waals surface area contributed by atoms with Crippen LogP contribution in [0.1, 0.15) is 36.1 Å². The Hall–Kier alpha value is -2.95. The third-order valence-electron chi connectivity index (χ3n) is 5.38. The van der Waals surface area contributed by atoms with Crippen LogP contribution in [-0.2, 0) is 24.2 Å². The third-order valence-corrected chi connectivity index (χ3v) is 5.38. The quantitative estimate of drug-likeness (QED) is 0.611. The molecule has 152 valence electrons. The number of carbonyl (C=O) groups is 1. The number of rotatable bonds is 6. The number of hydrogen-bond donors (Lipinski definition) is 0. The Kier molecular flexibility index (Phi) is 5.47. The third kappa shape index (κ3) is 3.95. The Labute approximate surface area is 171 Å². The zero-order chi connectivity index (χ0) is 20.4. The smallest absolute Gasteiger partial charge is 0.227 e. The summed E-state index contributed by atoms with van der Waals surface area (Å²) >= 11 is 0. The van der Waals surface area contributed by atoms with Gasteiger partial charge in [0.2, 0.25) is 5.91 Å². The van der Waals surface area contributed by atoms with Crippen LogP contribution in [-0.4, -0.2) is 30.6 Å². The van der Waals surface area contributed by atoms with Gasteiger partial charge >= 0.3 is 0 Å². The number of hydrogen-bond acceptors (Lipinski definition) is 4. The van der Waals surface area contributed by atoms with Gasteiger partial charge in [-0.05, 0) is 62.1 Å². The van der Waals surface area contributed by atoms with Crippen LogP contribution in [0, 0.1) is 6.92 Å². The maximum Gasteiger partial charge on any atom is 0.227 e. The largest absolute Gasteiger partial charge is 0.490 e. The molecule has 0 N–H and O–H groups in total. The number of carbonyl (C=O) groups excluding carboxylic acids is 1. The topological polar surface area (TPSA) is 51.9 Å². The summed E-state index contributed by atoms with van der Waals surface area (Å²) in [5, 5.41) is 1.02. The Bertz CT molecular complexity index is 1040. The number of ether oxygens (including phenoxy) is 2. The van der Waals surface area contributed by atoms with E-state index in [-0.39, 0.29) is 5.91 Å². The highest BCUT2D eigenvalue weighted by Gasteiger charge is 2.24. The molecule has 0 unspecified atom stereocenters. The molecule has 1 aromatic heterocycles. The van der Waals surface area contributed by atoms with Gasteiger partial charge in [0.25, 0.3) is 0 Å². The molecule has 1 aliphatic rings. The number of nitrogens with zero attached hydrogens (tertiary/aromatic N) is 1. The van der Waals surface area contributed by atoms with E-state index in [4.69, 9.17) is 13.9 Å². The van der Waals surface area contributed by atoms with Gasteiger partial charge in [0.1, 0.15) is 5.58 Å². The first-order chi connectivity index (χ1) is 14.1. The van der Waals surface area contributed by atoms with E-state index in [0.29, 0.717) is 32.7 Å². The highest BCUT2D eigenvalue weighted by Crippen LogP contribution is 2.34. The predicted molar refractivity (Wildman–Crippen MR) is 113 cm³/mol. The SMILES string of the molecule is CCOc1cc2c(cc1OCC)CN(C(=O)Cc1coc3cc(C)ccc13)CC2. The molecular formula is C24H27NO4. The van der Waals surface area contributed by atoms with Crippen LogP contribution < -0.4 is 9.47 Å². The summed E-state index contributed by atoms with van der Waals surface area (Å²) in [7, 11) is 0. The molecule has 0 fully saturated rings. The summed E-state index contributed by atoms with van der Waals surface area (Å²) in [6, 6.07) is 10.2. The minimum atomic E-state index is 0.116. The molecule has 0 saturated carbocycles. The number of furan rings is 1. The maximum absolute atomic E-state index is 13.0. The lowest BCUT2D eigenvalue weighted by Crippen LogP contribution is -2.36. The fourth-order valence-electron chi connectivity index (χ4n) is 3.92. The van der Waals surface area contributed by atoms with Gasteiger partial charge in [-0.2, -0.15) is 0 Å². The summed E-state index contributed by atoms with van der Waals surface area (Å²) in [4.78, 5) is 14.9. The van der Waals surface area contributed by atoms with E-state index in [9.17, 15) is 4.79 Å². The number of aryl methyl sites for hydroxylation is 1. The van der Waals surface area contributed by atoms with Gasteiger partial charge in [-0.3, -0.25) is 4.79 Å². The number of benzene rings is 2. The van der Waals surface area contributed by atoms with Gasteiger partial charge in [0.05, 0.1) is 25.9 Å². The Balaban J connectivity index is 1.52. The van der Waals surface area contributed by atoms with Crippen molar-refractivity contribution in [3.05, 3.63) is 58.8 Å². The molecule has 1 aliphatic heterocycles. The van der Waals surface area contributed by atoms with Gasteiger partial charge in [-0.1, -0.05) is 12.1 Å². The van der Waals surface area contributed by atoms with E-state index in [0.717, 1.165) is 45.6 Å². The van der Waals surface area contributed by atoms with Gasteiger partial charge < -0.3 is 18.8 Å². The number of amides is 1. The molecule has 5 nitrogen and oxygen atoms in total. The van der Waals surface area contributed by atoms with Crippen LogP contribution in [0.4, 0.5) is 0 Å². The van der Waals surface area contributed by atoms with Crippen LogP contribution in [0.2, 0.25) is 0 Å². The minimum Gasteiger partial charge on any atom is -0.490 e. The van der Waals surface area contributed by atoms with Crippen molar-refractivity contribution < 1.29 is 18.7 Å². The van der Waals surface area contributed by atoms with Crippen molar-refractivity contribution in [2.45, 2.75) is 40.2 Å². The fourth-order valence-corrected chi connectivity index (χ4v) is 3.92. The van der Waals surface area contributed by atoms with Crippen molar-refractivity contribution in [3.63, 3.8) is 0 Å². The summed E-state index contributed by atoms with van der Waals surface area (Å²) < 4.78 is 17.1. The van der Waals surface area contributed by atoms with E-state index < -0.39 is 0 Å². The van der Waals surface area contributed by atoms with Gasteiger partial charge in [0.15, 0.2) is 11.5 Å². The molecule has 5 heteroatoms. The zero-order valence-corrected chi connectivity index (χ0v) is 17.3. The standard InChI is InChI=1S/C24H27NO4/c1-4-27-22-11-17-8-9-25(14-18(17)12-23(22)28-5-2)24(26)13-19-15-29-21-10-16(3)6-7-20(19)21/h6-7,10-12,15H,4-5,8-9,13-14H2,1-3H3. The highest BCUT2D eigenvalue weighted by molar-refractivity contribution is 5.88. The molecule has 0 aliphatic carbocycles. The average molecular weight is 393 g/mol. The van der Waals surface area contributed by atoms with Crippen LogP contribution in [0.25, 0.3) is 11.0 Å². The van der Waals surface area contributed by atoms with Crippen molar-refractivity contribution in [1.82, 2.24) is 4.90 Å². The Morgan fingerprint density at radius 1 is 1.07 bits per heavy atom. The molecule has 1 amide bonds. The van der Waals surface area contributed by atoms with E-state index in [2.05, 4.69) is 6.07 Å². The highest BCUT2D eigenvalue weighted by atomic mass is 16.5. The van der Waals surface area contributed by atoms with Crippen molar-refractivity contribution >= 4 is 16.9 Å². The van der Waals surface area contributed by atoms with Crippen molar-refractivity contribution in [2.75, 3.05) is 19.8 Å². The summed E-state index contributed by atoms with van der Waals surface area (Å²) in [5.41, 5.74) is 5.28. The summed E-state index contributed by atoms with van der Waals surface area (Å²) in [5.74, 6) is 1.65. The second-order valence-corrected chi connectivity index (χ2v) is 7.44. The predicted octanol–water partition coefficient (Wildman–Crippen LogP) is 4.67. The molecule has 0 radical (unpaired) electrons. The van der Waals surface area contributed by atoms with Crippen molar-refractivity contribution in [3.8, 4) is 11.5 Å². The van der Waals surface area contributed by atoms with Gasteiger partial charge in [-0.15, -0.1) is 0 Å². The lowest BCUT2D eigenvalue weighted by molar-refractivity contribution is -0.131. The second-order valence-electron chi connectivity index (χ2n) is 7.44. The van der Waals surface area contributed by atoms with E-state index in [1.54, 1.807) is 6.26 Å². The van der Waals surface area contributed by atoms with Crippen LogP contribution >= 0.6 is 0 Å². The zero-order valence-electron chi connectivity index (χ0n) is 17.3.